The Morgan fingerprint density at radius 2 is 2.00 bits per heavy atom. The quantitative estimate of drug-likeness (QED) is 0.616. The highest BCUT2D eigenvalue weighted by atomic mass is 16.6. The van der Waals surface area contributed by atoms with Gasteiger partial charge in [-0.3, -0.25) is 19.6 Å². The first-order valence-corrected chi connectivity index (χ1v) is 5.14. The molecule has 1 aromatic rings. The molecule has 1 heterocycles. The number of hydrogen-bond acceptors (Lipinski definition) is 4. The number of nitro groups is 1. The Hall–Kier alpha value is -1.92. The molecule has 0 saturated heterocycles. The molecule has 0 radical (unpaired) electrons. The van der Waals surface area contributed by atoms with Crippen LogP contribution in [0.4, 0.5) is 5.69 Å². The van der Waals surface area contributed by atoms with E-state index in [2.05, 4.69) is 10.4 Å². The summed E-state index contributed by atoms with van der Waals surface area (Å²) in [4.78, 5) is 22.2. The predicted molar refractivity (Wildman–Crippen MR) is 62.0 cm³/mol. The van der Waals surface area contributed by atoms with Gasteiger partial charge < -0.3 is 5.32 Å². The van der Waals surface area contributed by atoms with E-state index in [9.17, 15) is 14.9 Å². The van der Waals surface area contributed by atoms with Crippen LogP contribution in [0.5, 0.6) is 0 Å². The Kier molecular flexibility index (Phi) is 3.21. The van der Waals surface area contributed by atoms with Gasteiger partial charge in [0.1, 0.15) is 5.69 Å². The zero-order valence-corrected chi connectivity index (χ0v) is 10.6. The van der Waals surface area contributed by atoms with Crippen molar-refractivity contribution in [1.29, 1.82) is 0 Å². The van der Waals surface area contributed by atoms with E-state index >= 15 is 0 Å². The molecule has 0 aliphatic carbocycles. The molecule has 1 rings (SSSR count). The molecule has 0 fully saturated rings. The van der Waals surface area contributed by atoms with Crippen molar-refractivity contribution in [3.8, 4) is 0 Å². The van der Waals surface area contributed by atoms with Crippen molar-refractivity contribution in [3.05, 3.63) is 21.5 Å². The molecule has 0 aliphatic rings. The lowest BCUT2D eigenvalue weighted by Gasteiger charge is -2.13. The normalized spacial score (nSPS) is 11.4. The summed E-state index contributed by atoms with van der Waals surface area (Å²) in [7, 11) is 2.95. The molecule has 0 aliphatic heterocycles. The van der Waals surface area contributed by atoms with Crippen molar-refractivity contribution in [3.63, 3.8) is 0 Å². The third-order valence-electron chi connectivity index (χ3n) is 2.36. The molecule has 0 spiro atoms. The fourth-order valence-electron chi connectivity index (χ4n) is 1.56. The first kappa shape index (κ1) is 13.1. The standard InChI is InChI=1S/C10H16N4O3/c1-10(2,3)8-6(14(16)17)7(9(15)11-4)13(5)12-8/h1-5H3,(H,11,15). The summed E-state index contributed by atoms with van der Waals surface area (Å²) in [5.74, 6) is -0.512. The van der Waals surface area contributed by atoms with Crippen molar-refractivity contribution < 1.29 is 9.72 Å². The Bertz CT molecular complexity index is 471. The fourth-order valence-corrected chi connectivity index (χ4v) is 1.56. The molecular formula is C10H16N4O3. The van der Waals surface area contributed by atoms with Gasteiger partial charge in [-0.1, -0.05) is 20.8 Å². The number of aromatic nitrogens is 2. The first-order valence-electron chi connectivity index (χ1n) is 5.14. The first-order chi connectivity index (χ1) is 7.70. The minimum Gasteiger partial charge on any atom is -0.354 e. The fraction of sp³-hybridized carbons (Fsp3) is 0.600. The monoisotopic (exact) mass is 240 g/mol. The topological polar surface area (TPSA) is 90.1 Å². The SMILES string of the molecule is CNC(=O)c1c([N+](=O)[O-])c(C(C)(C)C)nn1C. The Balaban J connectivity index is 3.57. The van der Waals surface area contributed by atoms with Gasteiger partial charge >= 0.3 is 5.69 Å². The van der Waals surface area contributed by atoms with E-state index in [1.165, 1.54) is 18.8 Å². The van der Waals surface area contributed by atoms with Gasteiger partial charge in [0.05, 0.1) is 4.92 Å². The van der Waals surface area contributed by atoms with Gasteiger partial charge in [-0.15, -0.1) is 0 Å². The van der Waals surface area contributed by atoms with Crippen LogP contribution in [0.3, 0.4) is 0 Å². The van der Waals surface area contributed by atoms with Crippen LogP contribution >= 0.6 is 0 Å². The average Bonchev–Trinajstić information content (AvgIpc) is 2.54. The van der Waals surface area contributed by atoms with E-state index in [1.807, 2.05) is 20.8 Å². The van der Waals surface area contributed by atoms with E-state index in [-0.39, 0.29) is 11.4 Å². The van der Waals surface area contributed by atoms with Gasteiger partial charge in [0, 0.05) is 19.5 Å². The van der Waals surface area contributed by atoms with E-state index in [4.69, 9.17) is 0 Å². The van der Waals surface area contributed by atoms with Crippen LogP contribution in [-0.4, -0.2) is 27.7 Å². The number of nitrogens with one attached hydrogen (secondary N) is 1. The van der Waals surface area contributed by atoms with E-state index in [1.54, 1.807) is 0 Å². The van der Waals surface area contributed by atoms with Crippen molar-refractivity contribution >= 4 is 11.6 Å². The maximum Gasteiger partial charge on any atom is 0.323 e. The molecule has 1 amide bonds. The number of amides is 1. The van der Waals surface area contributed by atoms with Crippen LogP contribution in [0, 0.1) is 10.1 Å². The summed E-state index contributed by atoms with van der Waals surface area (Å²) in [5, 5.41) is 17.6. The van der Waals surface area contributed by atoms with E-state index in [0.29, 0.717) is 5.69 Å². The molecule has 0 bridgehead atoms. The maximum atomic E-state index is 11.6. The highest BCUT2D eigenvalue weighted by Gasteiger charge is 2.36. The molecule has 1 aromatic heterocycles. The van der Waals surface area contributed by atoms with Crippen LogP contribution < -0.4 is 5.32 Å². The minimum absolute atomic E-state index is 0.0255. The van der Waals surface area contributed by atoms with Crippen LogP contribution in [0.1, 0.15) is 37.0 Å². The largest absolute Gasteiger partial charge is 0.354 e. The van der Waals surface area contributed by atoms with Gasteiger partial charge in [0.15, 0.2) is 0 Å². The molecule has 7 heteroatoms. The second-order valence-corrected chi connectivity index (χ2v) is 4.76. The molecular weight excluding hydrogens is 224 g/mol. The highest BCUT2D eigenvalue weighted by molar-refractivity contribution is 5.96. The lowest BCUT2D eigenvalue weighted by Crippen LogP contribution is -2.22. The summed E-state index contributed by atoms with van der Waals surface area (Å²) in [6.45, 7) is 5.45. The maximum absolute atomic E-state index is 11.6. The minimum atomic E-state index is -0.557. The molecule has 0 saturated carbocycles. The summed E-state index contributed by atoms with van der Waals surface area (Å²) < 4.78 is 1.25. The van der Waals surface area contributed by atoms with Crippen molar-refractivity contribution in [2.75, 3.05) is 7.05 Å². The van der Waals surface area contributed by atoms with Crippen LogP contribution in [-0.2, 0) is 12.5 Å². The van der Waals surface area contributed by atoms with Crippen LogP contribution in [0.2, 0.25) is 0 Å². The number of carbonyl (C=O) groups is 1. The van der Waals surface area contributed by atoms with E-state index in [0.717, 1.165) is 0 Å². The Morgan fingerprint density at radius 3 is 2.35 bits per heavy atom. The third-order valence-corrected chi connectivity index (χ3v) is 2.36. The van der Waals surface area contributed by atoms with Gasteiger partial charge in [-0.2, -0.15) is 5.10 Å². The van der Waals surface area contributed by atoms with Gasteiger partial charge in [-0.25, -0.2) is 0 Å². The molecule has 0 aromatic carbocycles. The Labute approximate surface area is 99.0 Å². The van der Waals surface area contributed by atoms with Crippen molar-refractivity contribution in [2.45, 2.75) is 26.2 Å². The number of hydrogen-bond donors (Lipinski definition) is 1. The lowest BCUT2D eigenvalue weighted by molar-refractivity contribution is -0.386. The number of carbonyl (C=O) groups excluding carboxylic acids is 1. The lowest BCUT2D eigenvalue weighted by atomic mass is 9.91. The van der Waals surface area contributed by atoms with Crippen LogP contribution in [0.25, 0.3) is 0 Å². The smallest absolute Gasteiger partial charge is 0.323 e. The molecule has 17 heavy (non-hydrogen) atoms. The van der Waals surface area contributed by atoms with Gasteiger partial charge in [-0.05, 0) is 0 Å². The zero-order valence-electron chi connectivity index (χ0n) is 10.6. The molecule has 1 N–H and O–H groups in total. The highest BCUT2D eigenvalue weighted by Crippen LogP contribution is 2.32. The predicted octanol–water partition coefficient (Wildman–Crippen LogP) is 0.985. The summed E-state index contributed by atoms with van der Waals surface area (Å²) in [6.07, 6.45) is 0. The summed E-state index contributed by atoms with van der Waals surface area (Å²) >= 11 is 0. The van der Waals surface area contributed by atoms with Crippen LogP contribution in [0.15, 0.2) is 0 Å². The summed E-state index contributed by atoms with van der Waals surface area (Å²) in [6, 6.07) is 0. The third kappa shape index (κ3) is 2.27. The zero-order chi connectivity index (χ0) is 13.4. The Morgan fingerprint density at radius 1 is 1.47 bits per heavy atom. The van der Waals surface area contributed by atoms with Gasteiger partial charge in [0.2, 0.25) is 5.69 Å². The summed E-state index contributed by atoms with van der Waals surface area (Å²) in [5.41, 5.74) is -0.433. The van der Waals surface area contributed by atoms with E-state index < -0.39 is 16.2 Å². The van der Waals surface area contributed by atoms with Crippen molar-refractivity contribution in [1.82, 2.24) is 15.1 Å². The molecule has 0 unspecified atom stereocenters. The second kappa shape index (κ2) is 4.15. The number of nitrogens with zero attached hydrogens (tertiary/aromatic N) is 3. The van der Waals surface area contributed by atoms with Gasteiger partial charge in [0.25, 0.3) is 5.91 Å². The van der Waals surface area contributed by atoms with Crippen molar-refractivity contribution in [2.24, 2.45) is 7.05 Å². The molecule has 7 nitrogen and oxygen atoms in total. The molecule has 0 atom stereocenters. The number of aryl methyl sites for hydroxylation is 1. The second-order valence-electron chi connectivity index (χ2n) is 4.76. The number of rotatable bonds is 2. The average molecular weight is 240 g/mol. The molecule has 94 valence electrons.